The lowest BCUT2D eigenvalue weighted by molar-refractivity contribution is -0.137. The van der Waals surface area contributed by atoms with Crippen molar-refractivity contribution < 1.29 is 18.0 Å². The van der Waals surface area contributed by atoms with Gasteiger partial charge in [-0.25, -0.2) is 4.79 Å². The zero-order valence-corrected chi connectivity index (χ0v) is 16.1. The molecule has 2 atom stereocenters. The fraction of sp³-hybridized carbons (Fsp3) is 0.650. The molecule has 1 saturated heterocycles. The van der Waals surface area contributed by atoms with Crippen molar-refractivity contribution in [2.75, 3.05) is 26.2 Å². The Kier molecular flexibility index (Phi) is 7.95. The molecule has 0 radical (unpaired) electrons. The van der Waals surface area contributed by atoms with Crippen LogP contribution >= 0.6 is 0 Å². The van der Waals surface area contributed by atoms with Gasteiger partial charge in [-0.05, 0) is 55.3 Å². The average molecular weight is 385 g/mol. The van der Waals surface area contributed by atoms with E-state index in [0.717, 1.165) is 56.4 Å². The van der Waals surface area contributed by atoms with E-state index in [4.69, 9.17) is 0 Å². The van der Waals surface area contributed by atoms with Crippen molar-refractivity contribution in [3.63, 3.8) is 0 Å². The Morgan fingerprint density at radius 2 is 1.85 bits per heavy atom. The third-order valence-electron chi connectivity index (χ3n) is 4.84. The van der Waals surface area contributed by atoms with E-state index >= 15 is 0 Å². The van der Waals surface area contributed by atoms with Gasteiger partial charge in [0.1, 0.15) is 0 Å². The summed E-state index contributed by atoms with van der Waals surface area (Å²) in [5.74, 6) is 1.49. The normalized spacial score (nSPS) is 21.1. The van der Waals surface area contributed by atoms with E-state index in [1.807, 2.05) is 0 Å². The van der Waals surface area contributed by atoms with Crippen LogP contribution in [0.1, 0.15) is 44.2 Å². The van der Waals surface area contributed by atoms with Gasteiger partial charge in [0.2, 0.25) is 0 Å². The maximum Gasteiger partial charge on any atom is 0.416 e. The summed E-state index contributed by atoms with van der Waals surface area (Å²) in [7, 11) is 0. The quantitative estimate of drug-likeness (QED) is 0.689. The molecule has 2 unspecified atom stereocenters. The van der Waals surface area contributed by atoms with E-state index in [0.29, 0.717) is 12.1 Å². The molecular formula is C20H30F3N3O. The highest BCUT2D eigenvalue weighted by atomic mass is 19.4. The van der Waals surface area contributed by atoms with Gasteiger partial charge in [-0.1, -0.05) is 26.0 Å². The molecule has 1 heterocycles. The number of halogens is 3. The Morgan fingerprint density at radius 1 is 1.15 bits per heavy atom. The molecule has 1 fully saturated rings. The molecule has 0 aliphatic carbocycles. The molecule has 7 heteroatoms. The predicted molar refractivity (Wildman–Crippen MR) is 100 cm³/mol. The van der Waals surface area contributed by atoms with Crippen LogP contribution in [0.2, 0.25) is 0 Å². The molecule has 1 aliphatic rings. The number of carbonyl (C=O) groups excluding carboxylic acids is 1. The largest absolute Gasteiger partial charge is 0.416 e. The lowest BCUT2D eigenvalue weighted by Gasteiger charge is -2.34. The van der Waals surface area contributed by atoms with Crippen LogP contribution in [0.5, 0.6) is 0 Å². The molecule has 0 aromatic heterocycles. The van der Waals surface area contributed by atoms with Gasteiger partial charge in [-0.2, -0.15) is 13.2 Å². The minimum absolute atomic E-state index is 0.0688. The fourth-order valence-electron chi connectivity index (χ4n) is 3.74. The second-order valence-corrected chi connectivity index (χ2v) is 7.72. The molecule has 2 amide bonds. The van der Waals surface area contributed by atoms with Gasteiger partial charge >= 0.3 is 12.2 Å². The van der Waals surface area contributed by atoms with Crippen LogP contribution in [0, 0.1) is 11.8 Å². The number of likely N-dealkylation sites (tertiary alicyclic amines) is 1. The minimum atomic E-state index is -4.37. The van der Waals surface area contributed by atoms with Crippen molar-refractivity contribution in [2.24, 2.45) is 11.8 Å². The van der Waals surface area contributed by atoms with Crippen LogP contribution in [0.3, 0.4) is 0 Å². The first kappa shape index (κ1) is 21.5. The Bertz CT molecular complexity index is 596. The van der Waals surface area contributed by atoms with E-state index < -0.39 is 11.7 Å². The molecule has 0 bridgehead atoms. The van der Waals surface area contributed by atoms with Gasteiger partial charge < -0.3 is 15.5 Å². The van der Waals surface area contributed by atoms with Crippen molar-refractivity contribution in [1.82, 2.24) is 15.5 Å². The average Bonchev–Trinajstić information content (AvgIpc) is 2.58. The number of unbranched alkanes of at least 4 members (excludes halogenated alkanes) is 1. The summed E-state index contributed by atoms with van der Waals surface area (Å²) in [6.07, 6.45) is -1.17. The van der Waals surface area contributed by atoms with Crippen LogP contribution in [0.25, 0.3) is 0 Å². The first-order valence-electron chi connectivity index (χ1n) is 9.64. The number of nitrogens with one attached hydrogen (secondary N) is 2. The number of nitrogens with zero attached hydrogens (tertiary/aromatic N) is 1. The highest BCUT2D eigenvalue weighted by Crippen LogP contribution is 2.29. The number of hydrogen-bond donors (Lipinski definition) is 2. The van der Waals surface area contributed by atoms with Gasteiger partial charge in [-0.15, -0.1) is 0 Å². The molecule has 0 saturated carbocycles. The Labute approximate surface area is 159 Å². The number of alkyl halides is 3. The zero-order valence-electron chi connectivity index (χ0n) is 16.1. The molecule has 27 heavy (non-hydrogen) atoms. The summed E-state index contributed by atoms with van der Waals surface area (Å²) < 4.78 is 38.0. The number of hydrogen-bond acceptors (Lipinski definition) is 2. The maximum absolute atomic E-state index is 12.7. The van der Waals surface area contributed by atoms with Gasteiger partial charge in [0.15, 0.2) is 0 Å². The molecule has 2 N–H and O–H groups in total. The molecule has 1 aromatic carbocycles. The van der Waals surface area contributed by atoms with E-state index in [-0.39, 0.29) is 12.6 Å². The summed E-state index contributed by atoms with van der Waals surface area (Å²) in [5.41, 5.74) is -0.281. The molecule has 152 valence electrons. The third kappa shape index (κ3) is 7.79. The fourth-order valence-corrected chi connectivity index (χ4v) is 3.74. The predicted octanol–water partition coefficient (Wildman–Crippen LogP) is 4.26. The summed E-state index contributed by atoms with van der Waals surface area (Å²) in [6, 6.07) is 4.64. The molecular weight excluding hydrogens is 355 g/mol. The zero-order chi connectivity index (χ0) is 19.9. The van der Waals surface area contributed by atoms with Gasteiger partial charge in [0, 0.05) is 26.2 Å². The van der Waals surface area contributed by atoms with Crippen LogP contribution in [0.15, 0.2) is 24.3 Å². The second-order valence-electron chi connectivity index (χ2n) is 7.72. The number of rotatable bonds is 7. The van der Waals surface area contributed by atoms with Crippen molar-refractivity contribution in [2.45, 2.75) is 45.8 Å². The highest BCUT2D eigenvalue weighted by molar-refractivity contribution is 5.73. The van der Waals surface area contributed by atoms with Crippen LogP contribution in [-0.4, -0.2) is 37.1 Å². The van der Waals surface area contributed by atoms with Crippen molar-refractivity contribution in [3.8, 4) is 0 Å². The van der Waals surface area contributed by atoms with E-state index in [9.17, 15) is 18.0 Å². The van der Waals surface area contributed by atoms with Gasteiger partial charge in [0.25, 0.3) is 0 Å². The maximum atomic E-state index is 12.7. The third-order valence-corrected chi connectivity index (χ3v) is 4.84. The van der Waals surface area contributed by atoms with E-state index in [1.54, 1.807) is 6.07 Å². The summed E-state index contributed by atoms with van der Waals surface area (Å²) in [5, 5.41) is 5.36. The van der Waals surface area contributed by atoms with Crippen molar-refractivity contribution in [1.29, 1.82) is 0 Å². The first-order chi connectivity index (χ1) is 12.7. The molecule has 4 nitrogen and oxygen atoms in total. The molecule has 0 spiro atoms. The number of urea groups is 1. The Balaban J connectivity index is 1.60. The van der Waals surface area contributed by atoms with Crippen LogP contribution in [0.4, 0.5) is 18.0 Å². The van der Waals surface area contributed by atoms with Gasteiger partial charge in [0.05, 0.1) is 5.56 Å². The van der Waals surface area contributed by atoms with Crippen LogP contribution in [-0.2, 0) is 12.7 Å². The summed E-state index contributed by atoms with van der Waals surface area (Å²) in [4.78, 5) is 14.3. The second kappa shape index (κ2) is 9.97. The van der Waals surface area contributed by atoms with Crippen molar-refractivity contribution in [3.05, 3.63) is 35.4 Å². The van der Waals surface area contributed by atoms with Crippen molar-refractivity contribution >= 4 is 6.03 Å². The first-order valence-corrected chi connectivity index (χ1v) is 9.64. The number of piperidine rings is 1. The number of carbonyl (C=O) groups is 1. The standard InChI is InChI=1S/C20H30F3N3O/c1-15-10-16(2)14-26(13-15)9-4-3-8-24-19(27)25-12-17-6-5-7-18(11-17)20(21,22)23/h5-7,11,15-16H,3-4,8-10,12-14H2,1-2H3,(H2,24,25,27). The van der Waals surface area contributed by atoms with E-state index in [1.165, 1.54) is 12.5 Å². The lowest BCUT2D eigenvalue weighted by atomic mass is 9.92. The van der Waals surface area contributed by atoms with Crippen LogP contribution < -0.4 is 10.6 Å². The molecule has 1 aliphatic heterocycles. The topological polar surface area (TPSA) is 44.4 Å². The molecule has 2 rings (SSSR count). The summed E-state index contributed by atoms with van der Waals surface area (Å²) >= 11 is 0. The Hall–Kier alpha value is -1.76. The smallest absolute Gasteiger partial charge is 0.338 e. The SMILES string of the molecule is CC1CC(C)CN(CCCCNC(=O)NCc2cccc(C(F)(F)F)c2)C1. The monoisotopic (exact) mass is 385 g/mol. The lowest BCUT2D eigenvalue weighted by Crippen LogP contribution is -2.39. The Morgan fingerprint density at radius 3 is 2.52 bits per heavy atom. The minimum Gasteiger partial charge on any atom is -0.338 e. The molecule has 1 aromatic rings. The summed E-state index contributed by atoms with van der Waals surface area (Å²) in [6.45, 7) is 8.55. The highest BCUT2D eigenvalue weighted by Gasteiger charge is 2.30. The van der Waals surface area contributed by atoms with E-state index in [2.05, 4.69) is 29.4 Å². The number of benzene rings is 1. The number of amides is 2. The van der Waals surface area contributed by atoms with Gasteiger partial charge in [-0.3, -0.25) is 0 Å².